The highest BCUT2D eigenvalue weighted by Crippen LogP contribution is 2.37. The van der Waals surface area contributed by atoms with E-state index in [1.807, 2.05) is 25.1 Å². The van der Waals surface area contributed by atoms with Crippen LogP contribution in [-0.4, -0.2) is 67.0 Å². The van der Waals surface area contributed by atoms with Crippen molar-refractivity contribution in [3.63, 3.8) is 0 Å². The van der Waals surface area contributed by atoms with E-state index in [9.17, 15) is 18.0 Å². The number of halogens is 3. The molecule has 0 fully saturated rings. The van der Waals surface area contributed by atoms with Gasteiger partial charge in [0, 0.05) is 56.5 Å². The first kappa shape index (κ1) is 30.3. The van der Waals surface area contributed by atoms with Gasteiger partial charge < -0.3 is 25.2 Å². The summed E-state index contributed by atoms with van der Waals surface area (Å²) < 4.78 is 47.9. The number of aryl methyl sites for hydroxylation is 1. The first-order chi connectivity index (χ1) is 20.0. The molecule has 1 amide bonds. The van der Waals surface area contributed by atoms with Crippen LogP contribution in [0.15, 0.2) is 67.0 Å². The Labute approximate surface area is 242 Å². The minimum absolute atomic E-state index is 0.0104. The molecule has 2 N–H and O–H groups in total. The highest BCUT2D eigenvalue weighted by molar-refractivity contribution is 6.04. The maximum atomic E-state index is 13.9. The average Bonchev–Trinajstić information content (AvgIpc) is 2.96. The number of pyridine rings is 1. The molecule has 0 radical (unpaired) electrons. The van der Waals surface area contributed by atoms with E-state index in [2.05, 4.69) is 25.6 Å². The second-order valence-corrected chi connectivity index (χ2v) is 9.86. The molecule has 0 bridgehead atoms. The molecule has 12 heteroatoms. The summed E-state index contributed by atoms with van der Waals surface area (Å²) in [7, 11) is 7.02. The molecule has 4 aromatic rings. The van der Waals surface area contributed by atoms with Crippen LogP contribution < -0.4 is 20.3 Å². The van der Waals surface area contributed by atoms with Crippen LogP contribution >= 0.6 is 0 Å². The zero-order valence-corrected chi connectivity index (χ0v) is 24.0. The number of carbonyl (C=O) groups is 1. The molecule has 2 aromatic heterocycles. The lowest BCUT2D eigenvalue weighted by molar-refractivity contribution is -0.137. The highest BCUT2D eigenvalue weighted by Gasteiger charge is 2.35. The van der Waals surface area contributed by atoms with Crippen molar-refractivity contribution in [1.82, 2.24) is 19.9 Å². The van der Waals surface area contributed by atoms with Gasteiger partial charge in [-0.3, -0.25) is 4.79 Å². The molecule has 0 unspecified atom stereocenters. The fourth-order valence-corrected chi connectivity index (χ4v) is 4.15. The molecule has 220 valence electrons. The lowest BCUT2D eigenvalue weighted by Crippen LogP contribution is -2.30. The minimum Gasteiger partial charge on any atom is -0.438 e. The number of alkyl halides is 3. The smallest absolute Gasteiger partial charge is 0.418 e. The van der Waals surface area contributed by atoms with Gasteiger partial charge in [-0.2, -0.15) is 13.2 Å². The number of likely N-dealkylation sites (N-methyl/N-ethyl adjacent to an activating group) is 2. The fraction of sp³-hybridized carbons (Fsp3) is 0.267. The molecular weight excluding hydrogens is 547 g/mol. The number of nitrogens with zero attached hydrogens (tertiary/aromatic N) is 5. The van der Waals surface area contributed by atoms with Gasteiger partial charge in [0.15, 0.2) is 0 Å². The molecule has 42 heavy (non-hydrogen) atoms. The van der Waals surface area contributed by atoms with Crippen LogP contribution in [0.4, 0.5) is 30.5 Å². The number of aromatic nitrogens is 3. The maximum absolute atomic E-state index is 13.9. The van der Waals surface area contributed by atoms with E-state index in [4.69, 9.17) is 4.74 Å². The van der Waals surface area contributed by atoms with Gasteiger partial charge >= 0.3 is 6.18 Å². The van der Waals surface area contributed by atoms with Crippen LogP contribution in [0.3, 0.4) is 0 Å². The summed E-state index contributed by atoms with van der Waals surface area (Å²) in [6.45, 7) is 2.76. The van der Waals surface area contributed by atoms with Gasteiger partial charge in [0.1, 0.15) is 5.75 Å². The summed E-state index contributed by atoms with van der Waals surface area (Å²) in [5.41, 5.74) is 1.40. The van der Waals surface area contributed by atoms with E-state index in [1.54, 1.807) is 63.7 Å². The third-order valence-corrected chi connectivity index (χ3v) is 6.42. The summed E-state index contributed by atoms with van der Waals surface area (Å²) in [5, 5.41) is 5.58. The third kappa shape index (κ3) is 7.32. The molecule has 0 aliphatic rings. The van der Waals surface area contributed by atoms with Crippen molar-refractivity contribution < 1.29 is 22.7 Å². The van der Waals surface area contributed by atoms with Crippen LogP contribution in [0.5, 0.6) is 11.6 Å². The Kier molecular flexibility index (Phi) is 9.26. The molecule has 0 aliphatic carbocycles. The van der Waals surface area contributed by atoms with Gasteiger partial charge in [0.05, 0.1) is 16.8 Å². The van der Waals surface area contributed by atoms with E-state index >= 15 is 0 Å². The number of anilines is 3. The molecule has 0 aliphatic heterocycles. The third-order valence-electron chi connectivity index (χ3n) is 6.42. The number of ether oxygens (including phenoxy) is 1. The molecule has 2 heterocycles. The van der Waals surface area contributed by atoms with Crippen molar-refractivity contribution in [3.8, 4) is 22.9 Å². The number of rotatable bonds is 10. The molecule has 4 rings (SSSR count). The second-order valence-electron chi connectivity index (χ2n) is 9.86. The number of carbonyl (C=O) groups excluding carboxylic acids is 1. The van der Waals surface area contributed by atoms with Crippen LogP contribution in [0, 0.1) is 6.92 Å². The van der Waals surface area contributed by atoms with Gasteiger partial charge in [-0.1, -0.05) is 0 Å². The Balaban J connectivity index is 1.53. The quantitative estimate of drug-likeness (QED) is 0.238. The Morgan fingerprint density at radius 1 is 0.976 bits per heavy atom. The Bertz CT molecular complexity index is 1560. The van der Waals surface area contributed by atoms with Crippen LogP contribution in [-0.2, 0) is 6.18 Å². The van der Waals surface area contributed by atoms with Gasteiger partial charge in [0.2, 0.25) is 11.8 Å². The summed E-state index contributed by atoms with van der Waals surface area (Å²) in [6.07, 6.45) is -1.40. The molecule has 2 aromatic carbocycles. The van der Waals surface area contributed by atoms with E-state index in [1.165, 1.54) is 17.0 Å². The largest absolute Gasteiger partial charge is 0.438 e. The van der Waals surface area contributed by atoms with Crippen molar-refractivity contribution in [2.24, 2.45) is 0 Å². The lowest BCUT2D eigenvalue weighted by Gasteiger charge is -2.25. The highest BCUT2D eigenvalue weighted by atomic mass is 19.4. The summed E-state index contributed by atoms with van der Waals surface area (Å²) in [4.78, 5) is 29.3. The predicted octanol–water partition coefficient (Wildman–Crippen LogP) is 5.95. The zero-order chi connectivity index (χ0) is 30.4. The minimum atomic E-state index is -4.63. The zero-order valence-electron chi connectivity index (χ0n) is 24.0. The van der Waals surface area contributed by atoms with Crippen molar-refractivity contribution in [3.05, 3.63) is 83.7 Å². The number of benzene rings is 2. The van der Waals surface area contributed by atoms with Crippen LogP contribution in [0.25, 0.3) is 11.3 Å². The normalized spacial score (nSPS) is 11.4. The molecule has 0 saturated heterocycles. The predicted molar refractivity (Wildman–Crippen MR) is 157 cm³/mol. The van der Waals surface area contributed by atoms with Gasteiger partial charge in [-0.05, 0) is 81.2 Å². The maximum Gasteiger partial charge on any atom is 0.418 e. The van der Waals surface area contributed by atoms with Crippen molar-refractivity contribution >= 4 is 23.2 Å². The SMILES string of the molecule is CNc1nccc(-c2cccnc2Oc2ccc(NC(=O)c3ccc(N(C)CCN(C)C)c(C(F)(F)F)c3)cc2C)n1. The molecule has 0 atom stereocenters. The topological polar surface area (TPSA) is 95.5 Å². The van der Waals surface area contributed by atoms with Crippen LogP contribution in [0.2, 0.25) is 0 Å². The van der Waals surface area contributed by atoms with Crippen molar-refractivity contribution in [2.45, 2.75) is 13.1 Å². The van der Waals surface area contributed by atoms with E-state index in [0.717, 1.165) is 6.07 Å². The molecule has 0 saturated carbocycles. The van der Waals surface area contributed by atoms with Crippen molar-refractivity contribution in [2.75, 3.05) is 56.8 Å². The summed E-state index contributed by atoms with van der Waals surface area (Å²) >= 11 is 0. The number of hydrogen-bond donors (Lipinski definition) is 2. The van der Waals surface area contributed by atoms with E-state index < -0.39 is 17.6 Å². The molecule has 0 spiro atoms. The fourth-order valence-electron chi connectivity index (χ4n) is 4.15. The number of hydrogen-bond acceptors (Lipinski definition) is 8. The monoisotopic (exact) mass is 579 g/mol. The van der Waals surface area contributed by atoms with Gasteiger partial charge in [-0.25, -0.2) is 15.0 Å². The molecule has 9 nitrogen and oxygen atoms in total. The number of nitrogens with one attached hydrogen (secondary N) is 2. The first-order valence-corrected chi connectivity index (χ1v) is 13.1. The Morgan fingerprint density at radius 3 is 2.45 bits per heavy atom. The van der Waals surface area contributed by atoms with Gasteiger partial charge in [0.25, 0.3) is 5.91 Å². The molecular formula is C30H32F3N7O2. The Hall–Kier alpha value is -4.71. The summed E-state index contributed by atoms with van der Waals surface area (Å²) in [5.74, 6) is 0.605. The number of amides is 1. The van der Waals surface area contributed by atoms with Crippen LogP contribution in [0.1, 0.15) is 21.5 Å². The standard InChI is InChI=1S/C30H32F3N7O2/c1-19-17-21(9-11-26(19)42-28-22(7-6-13-35-28)24-12-14-36-29(34-2)38-24)37-27(41)20-8-10-25(23(18-20)30(31,32)33)40(5)16-15-39(3)4/h6-14,17-18H,15-16H2,1-5H3,(H,37,41)(H,34,36,38). The van der Waals surface area contributed by atoms with Gasteiger partial charge in [-0.15, -0.1) is 0 Å². The summed E-state index contributed by atoms with van der Waals surface area (Å²) in [6, 6.07) is 13.9. The lowest BCUT2D eigenvalue weighted by atomic mass is 10.1. The van der Waals surface area contributed by atoms with E-state index in [0.29, 0.717) is 53.2 Å². The Morgan fingerprint density at radius 2 is 1.76 bits per heavy atom. The average molecular weight is 580 g/mol. The van der Waals surface area contributed by atoms with Crippen molar-refractivity contribution in [1.29, 1.82) is 0 Å². The van der Waals surface area contributed by atoms with E-state index in [-0.39, 0.29) is 11.3 Å². The first-order valence-electron chi connectivity index (χ1n) is 13.1. The second kappa shape index (κ2) is 12.9.